The maximum Gasteiger partial charge on any atom is 0.325 e. The molecule has 3 rings (SSSR count). The molecule has 0 atom stereocenters. The highest BCUT2D eigenvalue weighted by atomic mass is 35.5. The third-order valence-electron chi connectivity index (χ3n) is 3.36. The van der Waals surface area contributed by atoms with E-state index in [4.69, 9.17) is 34.8 Å². The number of rotatable bonds is 5. The normalized spacial score (nSPS) is 10.4. The topological polar surface area (TPSA) is 83.1 Å². The molecule has 1 heterocycles. The summed E-state index contributed by atoms with van der Waals surface area (Å²) in [6.07, 6.45) is 0.0428. The van der Waals surface area contributed by atoms with Crippen LogP contribution in [0.1, 0.15) is 5.69 Å². The van der Waals surface area contributed by atoms with Crippen molar-refractivity contribution in [3.63, 3.8) is 0 Å². The first-order valence-corrected chi connectivity index (χ1v) is 9.92. The molecule has 0 aliphatic rings. The summed E-state index contributed by atoms with van der Waals surface area (Å²) in [5.74, 6) is -0.277. The number of nitrogens with zero attached hydrogens (tertiary/aromatic N) is 1. The zero-order valence-corrected chi connectivity index (χ0v) is 17.2. The monoisotopic (exact) mass is 454 g/mol. The van der Waals surface area contributed by atoms with Crippen LogP contribution < -0.4 is 16.0 Å². The predicted molar refractivity (Wildman–Crippen MR) is 115 cm³/mol. The number of anilines is 3. The second-order valence-electron chi connectivity index (χ2n) is 5.61. The SMILES string of the molecule is O=C(Cc1csc(NC(=O)Nc2ccc(Cl)cc2)n1)Nc1cc(Cl)cc(Cl)c1. The molecule has 0 fully saturated rings. The molecule has 144 valence electrons. The highest BCUT2D eigenvalue weighted by molar-refractivity contribution is 7.14. The van der Waals surface area contributed by atoms with Crippen LogP contribution in [0.3, 0.4) is 0 Å². The van der Waals surface area contributed by atoms with Gasteiger partial charge in [-0.2, -0.15) is 0 Å². The molecule has 3 N–H and O–H groups in total. The molecular formula is C18H13Cl3N4O2S. The van der Waals surface area contributed by atoms with Gasteiger partial charge >= 0.3 is 6.03 Å². The molecule has 0 aliphatic carbocycles. The van der Waals surface area contributed by atoms with Crippen LogP contribution in [0.5, 0.6) is 0 Å². The maximum absolute atomic E-state index is 12.2. The zero-order valence-electron chi connectivity index (χ0n) is 14.1. The fourth-order valence-electron chi connectivity index (χ4n) is 2.23. The van der Waals surface area contributed by atoms with Crippen LogP contribution in [0.15, 0.2) is 47.8 Å². The Kier molecular flexibility index (Phi) is 6.74. The van der Waals surface area contributed by atoms with Crippen molar-refractivity contribution < 1.29 is 9.59 Å². The van der Waals surface area contributed by atoms with Crippen molar-refractivity contribution in [1.82, 2.24) is 4.98 Å². The van der Waals surface area contributed by atoms with Gasteiger partial charge in [-0.1, -0.05) is 34.8 Å². The average Bonchev–Trinajstić information content (AvgIpc) is 3.02. The smallest absolute Gasteiger partial charge is 0.325 e. The van der Waals surface area contributed by atoms with Crippen LogP contribution in [-0.4, -0.2) is 16.9 Å². The Morgan fingerprint density at radius 1 is 0.857 bits per heavy atom. The summed E-state index contributed by atoms with van der Waals surface area (Å²) in [6, 6.07) is 11.0. The summed E-state index contributed by atoms with van der Waals surface area (Å²) in [7, 11) is 0. The molecule has 10 heteroatoms. The number of carbonyl (C=O) groups excluding carboxylic acids is 2. The molecule has 2 aromatic carbocycles. The van der Waals surface area contributed by atoms with E-state index in [1.807, 2.05) is 0 Å². The molecule has 6 nitrogen and oxygen atoms in total. The van der Waals surface area contributed by atoms with Gasteiger partial charge in [0.15, 0.2) is 5.13 Å². The lowest BCUT2D eigenvalue weighted by atomic mass is 10.3. The predicted octanol–water partition coefficient (Wildman–Crippen LogP) is 5.93. The van der Waals surface area contributed by atoms with E-state index in [9.17, 15) is 9.59 Å². The molecule has 0 spiro atoms. The van der Waals surface area contributed by atoms with E-state index in [2.05, 4.69) is 20.9 Å². The molecule has 3 aromatic rings. The average molecular weight is 456 g/mol. The number of hydrogen-bond acceptors (Lipinski definition) is 4. The Balaban J connectivity index is 1.53. The number of halogens is 3. The van der Waals surface area contributed by atoms with Gasteiger partial charge in [0, 0.05) is 31.8 Å². The highest BCUT2D eigenvalue weighted by Crippen LogP contribution is 2.23. The number of benzene rings is 2. The number of urea groups is 1. The number of carbonyl (C=O) groups is 2. The van der Waals surface area contributed by atoms with Gasteiger partial charge in [-0.05, 0) is 42.5 Å². The number of amides is 3. The van der Waals surface area contributed by atoms with Gasteiger partial charge in [0.1, 0.15) is 0 Å². The molecule has 3 amide bonds. The third kappa shape index (κ3) is 6.10. The lowest BCUT2D eigenvalue weighted by Gasteiger charge is -2.06. The maximum atomic E-state index is 12.2. The van der Waals surface area contributed by atoms with Crippen molar-refractivity contribution in [2.24, 2.45) is 0 Å². The summed E-state index contributed by atoms with van der Waals surface area (Å²) in [5.41, 5.74) is 1.62. The fraction of sp³-hybridized carbons (Fsp3) is 0.0556. The summed E-state index contributed by atoms with van der Waals surface area (Å²) < 4.78 is 0. The summed E-state index contributed by atoms with van der Waals surface area (Å²) >= 11 is 18.8. The van der Waals surface area contributed by atoms with Crippen LogP contribution in [0.25, 0.3) is 0 Å². The van der Waals surface area contributed by atoms with E-state index >= 15 is 0 Å². The molecule has 0 aliphatic heterocycles. The second kappa shape index (κ2) is 9.25. The number of nitrogens with one attached hydrogen (secondary N) is 3. The van der Waals surface area contributed by atoms with Gasteiger partial charge in [0.2, 0.25) is 5.91 Å². The zero-order chi connectivity index (χ0) is 20.1. The fourth-order valence-corrected chi connectivity index (χ4v) is 3.59. The standard InChI is InChI=1S/C18H13Cl3N4O2S/c19-10-1-3-13(4-2-10)23-17(27)25-18-24-15(9-28-18)8-16(26)22-14-6-11(20)5-12(21)7-14/h1-7,9H,8H2,(H,22,26)(H2,23,24,25,27). The molecule has 28 heavy (non-hydrogen) atoms. The number of thiazole rings is 1. The Hall–Kier alpha value is -2.32. The molecule has 1 aromatic heterocycles. The summed E-state index contributed by atoms with van der Waals surface area (Å²) in [4.78, 5) is 28.4. The van der Waals surface area contributed by atoms with E-state index in [0.717, 1.165) is 0 Å². The Bertz CT molecular complexity index is 988. The van der Waals surface area contributed by atoms with Gasteiger partial charge in [0.05, 0.1) is 12.1 Å². The highest BCUT2D eigenvalue weighted by Gasteiger charge is 2.11. The minimum absolute atomic E-state index is 0.0428. The Morgan fingerprint density at radius 3 is 2.21 bits per heavy atom. The van der Waals surface area contributed by atoms with Gasteiger partial charge in [-0.15, -0.1) is 11.3 Å². The van der Waals surface area contributed by atoms with Gasteiger partial charge < -0.3 is 10.6 Å². The third-order valence-corrected chi connectivity index (χ3v) is 4.86. The van der Waals surface area contributed by atoms with Gasteiger partial charge in [0.25, 0.3) is 0 Å². The molecule has 0 saturated heterocycles. The summed E-state index contributed by atoms with van der Waals surface area (Å²) in [5, 5.41) is 11.5. The lowest BCUT2D eigenvalue weighted by molar-refractivity contribution is -0.115. The van der Waals surface area contributed by atoms with Crippen molar-refractivity contribution in [2.45, 2.75) is 6.42 Å². The molecular weight excluding hydrogens is 443 g/mol. The van der Waals surface area contributed by atoms with E-state index in [1.165, 1.54) is 11.3 Å². The first-order valence-electron chi connectivity index (χ1n) is 7.91. The van der Waals surface area contributed by atoms with Crippen molar-refractivity contribution in [1.29, 1.82) is 0 Å². The van der Waals surface area contributed by atoms with Crippen molar-refractivity contribution >= 4 is 74.6 Å². The van der Waals surface area contributed by atoms with Crippen LogP contribution in [-0.2, 0) is 11.2 Å². The van der Waals surface area contributed by atoms with Crippen LogP contribution >= 0.6 is 46.1 Å². The molecule has 0 saturated carbocycles. The minimum Gasteiger partial charge on any atom is -0.326 e. The molecule has 0 bridgehead atoms. The van der Waals surface area contributed by atoms with Crippen molar-refractivity contribution in [3.05, 3.63) is 68.6 Å². The van der Waals surface area contributed by atoms with E-state index in [-0.39, 0.29) is 12.3 Å². The van der Waals surface area contributed by atoms with Crippen LogP contribution in [0.4, 0.5) is 21.3 Å². The van der Waals surface area contributed by atoms with Gasteiger partial charge in [-0.25, -0.2) is 9.78 Å². The first kappa shape index (κ1) is 20.4. The number of aromatic nitrogens is 1. The van der Waals surface area contributed by atoms with E-state index < -0.39 is 6.03 Å². The molecule has 0 unspecified atom stereocenters. The molecule has 0 radical (unpaired) electrons. The quantitative estimate of drug-likeness (QED) is 0.446. The van der Waals surface area contributed by atoms with E-state index in [1.54, 1.807) is 47.8 Å². The minimum atomic E-state index is -0.443. The first-order chi connectivity index (χ1) is 13.4. The Labute approximate surface area is 179 Å². The van der Waals surface area contributed by atoms with Crippen molar-refractivity contribution in [2.75, 3.05) is 16.0 Å². The van der Waals surface area contributed by atoms with E-state index in [0.29, 0.717) is 37.3 Å². The number of hydrogen-bond donors (Lipinski definition) is 3. The van der Waals surface area contributed by atoms with Crippen LogP contribution in [0, 0.1) is 0 Å². The van der Waals surface area contributed by atoms with Crippen LogP contribution in [0.2, 0.25) is 15.1 Å². The second-order valence-corrected chi connectivity index (χ2v) is 7.78. The largest absolute Gasteiger partial charge is 0.326 e. The van der Waals surface area contributed by atoms with Gasteiger partial charge in [-0.3, -0.25) is 10.1 Å². The Morgan fingerprint density at radius 2 is 1.54 bits per heavy atom. The summed E-state index contributed by atoms with van der Waals surface area (Å²) in [6.45, 7) is 0. The van der Waals surface area contributed by atoms with Crippen molar-refractivity contribution in [3.8, 4) is 0 Å². The lowest BCUT2D eigenvalue weighted by Crippen LogP contribution is -2.19.